The Hall–Kier alpha value is -2.08. The van der Waals surface area contributed by atoms with E-state index in [0.29, 0.717) is 51.5 Å². The van der Waals surface area contributed by atoms with E-state index in [0.717, 1.165) is 16.9 Å². The van der Waals surface area contributed by atoms with Crippen molar-refractivity contribution in [1.82, 2.24) is 5.32 Å². The summed E-state index contributed by atoms with van der Waals surface area (Å²) in [6.45, 7) is 2.98. The lowest BCUT2D eigenvalue weighted by Gasteiger charge is -2.32. The van der Waals surface area contributed by atoms with E-state index < -0.39 is 5.60 Å². The molecular formula is C21H27NO4. The van der Waals surface area contributed by atoms with Crippen LogP contribution in [-0.4, -0.2) is 37.6 Å². The Kier molecular flexibility index (Phi) is 6.50. The van der Waals surface area contributed by atoms with Crippen LogP contribution in [0.25, 0.3) is 0 Å². The zero-order valence-electron chi connectivity index (χ0n) is 15.2. The molecule has 5 nitrogen and oxygen atoms in total. The SMILES string of the molecule is COc1cc(CNCC2(O)CCOCC2)ccc1OCc1ccccc1. The number of benzene rings is 2. The Morgan fingerprint density at radius 1 is 1.04 bits per heavy atom. The molecule has 0 aromatic heterocycles. The monoisotopic (exact) mass is 357 g/mol. The number of methoxy groups -OCH3 is 1. The van der Waals surface area contributed by atoms with E-state index in [2.05, 4.69) is 5.32 Å². The molecule has 0 atom stereocenters. The third-order valence-electron chi connectivity index (χ3n) is 4.67. The Morgan fingerprint density at radius 2 is 1.81 bits per heavy atom. The Bertz CT molecular complexity index is 684. The van der Waals surface area contributed by atoms with E-state index in [4.69, 9.17) is 14.2 Å². The maximum atomic E-state index is 10.5. The molecule has 5 heteroatoms. The maximum Gasteiger partial charge on any atom is 0.161 e. The van der Waals surface area contributed by atoms with Crippen molar-refractivity contribution in [1.29, 1.82) is 0 Å². The molecule has 0 amide bonds. The molecule has 2 aromatic rings. The normalized spacial score (nSPS) is 16.2. The van der Waals surface area contributed by atoms with Crippen LogP contribution in [0.15, 0.2) is 48.5 Å². The van der Waals surface area contributed by atoms with Crippen LogP contribution in [0.3, 0.4) is 0 Å². The first-order valence-corrected chi connectivity index (χ1v) is 9.03. The lowest BCUT2D eigenvalue weighted by molar-refractivity contribution is -0.0617. The lowest BCUT2D eigenvalue weighted by atomic mass is 9.94. The molecule has 1 saturated heterocycles. The average Bonchev–Trinajstić information content (AvgIpc) is 2.68. The van der Waals surface area contributed by atoms with E-state index in [1.807, 2.05) is 48.5 Å². The van der Waals surface area contributed by atoms with Crippen molar-refractivity contribution in [3.05, 3.63) is 59.7 Å². The third kappa shape index (κ3) is 5.21. The van der Waals surface area contributed by atoms with Gasteiger partial charge in [-0.05, 0) is 23.3 Å². The summed E-state index contributed by atoms with van der Waals surface area (Å²) in [4.78, 5) is 0. The molecule has 140 valence electrons. The predicted octanol–water partition coefficient (Wildman–Crippen LogP) is 2.91. The van der Waals surface area contributed by atoms with Gasteiger partial charge in [0, 0.05) is 39.1 Å². The number of ether oxygens (including phenoxy) is 3. The predicted molar refractivity (Wildman–Crippen MR) is 100 cm³/mol. The van der Waals surface area contributed by atoms with E-state index in [-0.39, 0.29) is 0 Å². The van der Waals surface area contributed by atoms with Gasteiger partial charge in [0.15, 0.2) is 11.5 Å². The van der Waals surface area contributed by atoms with Gasteiger partial charge < -0.3 is 24.6 Å². The van der Waals surface area contributed by atoms with Crippen molar-refractivity contribution in [2.45, 2.75) is 31.6 Å². The number of hydrogen-bond donors (Lipinski definition) is 2. The molecule has 26 heavy (non-hydrogen) atoms. The van der Waals surface area contributed by atoms with Crippen molar-refractivity contribution in [3.63, 3.8) is 0 Å². The van der Waals surface area contributed by atoms with Crippen LogP contribution < -0.4 is 14.8 Å². The van der Waals surface area contributed by atoms with Gasteiger partial charge in [0.2, 0.25) is 0 Å². The smallest absolute Gasteiger partial charge is 0.161 e. The summed E-state index contributed by atoms with van der Waals surface area (Å²) >= 11 is 0. The minimum Gasteiger partial charge on any atom is -0.493 e. The van der Waals surface area contributed by atoms with Crippen LogP contribution >= 0.6 is 0 Å². The molecule has 3 rings (SSSR count). The molecule has 1 aliphatic rings. The third-order valence-corrected chi connectivity index (χ3v) is 4.67. The highest BCUT2D eigenvalue weighted by Crippen LogP contribution is 2.29. The zero-order chi connectivity index (χ0) is 18.2. The maximum absolute atomic E-state index is 10.5. The molecule has 1 fully saturated rings. The summed E-state index contributed by atoms with van der Waals surface area (Å²) in [6.07, 6.45) is 1.35. The van der Waals surface area contributed by atoms with Gasteiger partial charge in [-0.25, -0.2) is 0 Å². The summed E-state index contributed by atoms with van der Waals surface area (Å²) in [5.41, 5.74) is 1.54. The van der Waals surface area contributed by atoms with Crippen LogP contribution in [0.5, 0.6) is 11.5 Å². The van der Waals surface area contributed by atoms with Gasteiger partial charge in [-0.2, -0.15) is 0 Å². The second-order valence-corrected chi connectivity index (χ2v) is 6.70. The molecule has 1 heterocycles. The quantitative estimate of drug-likeness (QED) is 0.761. The average molecular weight is 357 g/mol. The fourth-order valence-electron chi connectivity index (χ4n) is 3.04. The van der Waals surface area contributed by atoms with Gasteiger partial charge in [0.1, 0.15) is 6.61 Å². The van der Waals surface area contributed by atoms with Gasteiger partial charge >= 0.3 is 0 Å². The molecule has 0 aliphatic carbocycles. The van der Waals surface area contributed by atoms with Crippen LogP contribution in [0.1, 0.15) is 24.0 Å². The summed E-state index contributed by atoms with van der Waals surface area (Å²) < 4.78 is 16.7. The second-order valence-electron chi connectivity index (χ2n) is 6.70. The summed E-state index contributed by atoms with van der Waals surface area (Å²) in [6, 6.07) is 16.0. The molecule has 1 aliphatic heterocycles. The van der Waals surface area contributed by atoms with Crippen molar-refractivity contribution >= 4 is 0 Å². The van der Waals surface area contributed by atoms with Crippen LogP contribution in [0, 0.1) is 0 Å². The van der Waals surface area contributed by atoms with Crippen LogP contribution in [0.4, 0.5) is 0 Å². The molecule has 0 bridgehead atoms. The molecule has 0 unspecified atom stereocenters. The molecule has 2 N–H and O–H groups in total. The highest BCUT2D eigenvalue weighted by atomic mass is 16.5. The highest BCUT2D eigenvalue weighted by Gasteiger charge is 2.29. The Balaban J connectivity index is 1.54. The minimum absolute atomic E-state index is 0.504. The summed E-state index contributed by atoms with van der Waals surface area (Å²) in [5, 5.41) is 13.8. The second kappa shape index (κ2) is 9.03. The number of aliphatic hydroxyl groups is 1. The van der Waals surface area contributed by atoms with Gasteiger partial charge in [0.25, 0.3) is 0 Å². The topological polar surface area (TPSA) is 60.0 Å². The van der Waals surface area contributed by atoms with Crippen molar-refractivity contribution in [2.75, 3.05) is 26.9 Å². The van der Waals surface area contributed by atoms with Gasteiger partial charge in [-0.15, -0.1) is 0 Å². The van der Waals surface area contributed by atoms with E-state index >= 15 is 0 Å². The number of rotatable bonds is 8. The minimum atomic E-state index is -0.666. The van der Waals surface area contributed by atoms with Gasteiger partial charge in [-0.3, -0.25) is 0 Å². The van der Waals surface area contributed by atoms with E-state index in [9.17, 15) is 5.11 Å². The molecular weight excluding hydrogens is 330 g/mol. The van der Waals surface area contributed by atoms with Crippen molar-refractivity contribution < 1.29 is 19.3 Å². The molecule has 0 saturated carbocycles. The van der Waals surface area contributed by atoms with E-state index in [1.165, 1.54) is 0 Å². The Morgan fingerprint density at radius 3 is 2.54 bits per heavy atom. The molecule has 0 radical (unpaired) electrons. The van der Waals surface area contributed by atoms with E-state index in [1.54, 1.807) is 7.11 Å². The first-order valence-electron chi connectivity index (χ1n) is 9.03. The largest absolute Gasteiger partial charge is 0.493 e. The Labute approximate surface area is 154 Å². The fraction of sp³-hybridized carbons (Fsp3) is 0.429. The van der Waals surface area contributed by atoms with Crippen LogP contribution in [-0.2, 0) is 17.9 Å². The van der Waals surface area contributed by atoms with Crippen molar-refractivity contribution in [3.8, 4) is 11.5 Å². The number of hydrogen-bond acceptors (Lipinski definition) is 5. The molecule has 0 spiro atoms. The summed E-state index contributed by atoms with van der Waals surface area (Å²) in [5.74, 6) is 1.44. The van der Waals surface area contributed by atoms with Gasteiger partial charge in [-0.1, -0.05) is 36.4 Å². The number of nitrogens with one attached hydrogen (secondary N) is 1. The first-order chi connectivity index (χ1) is 12.7. The highest BCUT2D eigenvalue weighted by molar-refractivity contribution is 5.43. The van der Waals surface area contributed by atoms with Gasteiger partial charge in [0.05, 0.1) is 12.7 Å². The first kappa shape index (κ1) is 18.7. The standard InChI is InChI=1S/C21H27NO4/c1-24-20-13-18(14-22-16-21(23)9-11-25-12-10-21)7-8-19(20)26-15-17-5-3-2-4-6-17/h2-8,13,22-23H,9-12,14-16H2,1H3. The van der Waals surface area contributed by atoms with Crippen LogP contribution in [0.2, 0.25) is 0 Å². The fourth-order valence-corrected chi connectivity index (χ4v) is 3.04. The lowest BCUT2D eigenvalue weighted by Crippen LogP contribution is -2.44. The van der Waals surface area contributed by atoms with Crippen molar-refractivity contribution in [2.24, 2.45) is 0 Å². The summed E-state index contributed by atoms with van der Waals surface area (Å²) in [7, 11) is 1.65. The molecule has 2 aromatic carbocycles. The zero-order valence-corrected chi connectivity index (χ0v) is 15.2.